The second-order valence-corrected chi connectivity index (χ2v) is 5.64. The minimum absolute atomic E-state index is 0. The van der Waals surface area contributed by atoms with Crippen molar-refractivity contribution < 1.29 is 4.79 Å². The summed E-state index contributed by atoms with van der Waals surface area (Å²) in [5.41, 5.74) is 14.4. The van der Waals surface area contributed by atoms with Gasteiger partial charge in [-0.05, 0) is 17.7 Å². The van der Waals surface area contributed by atoms with Crippen molar-refractivity contribution in [2.75, 3.05) is 11.5 Å². The molecular weight excluding hydrogens is 412 g/mol. The standard InChI is InChI=1S/C13H12Cl3N7O.ClH/c14-7-2-1-6(8(15)3-7)4-20-21-5-19-13(24)9-11(17)23-12(18)10(16)22-9;/h1-3,5,20H,4H2,(H4,17,18,23)(H,19,21,24);1H. The molecule has 0 fully saturated rings. The van der Waals surface area contributed by atoms with Gasteiger partial charge in [-0.15, -0.1) is 12.4 Å². The van der Waals surface area contributed by atoms with Crippen molar-refractivity contribution in [2.45, 2.75) is 6.54 Å². The van der Waals surface area contributed by atoms with Crippen molar-refractivity contribution in [1.82, 2.24) is 20.7 Å². The Bertz CT molecular complexity index is 800. The van der Waals surface area contributed by atoms with E-state index in [0.29, 0.717) is 16.6 Å². The molecule has 0 saturated carbocycles. The molecule has 134 valence electrons. The SMILES string of the molecule is Cl.Nc1nc(N)c(C(=O)N/C=N/NCc2ccc(Cl)cc2Cl)nc1Cl. The largest absolute Gasteiger partial charge is 0.382 e. The molecule has 0 unspecified atom stereocenters. The van der Waals surface area contributed by atoms with E-state index in [9.17, 15) is 4.79 Å². The van der Waals surface area contributed by atoms with E-state index in [1.165, 1.54) is 0 Å². The summed E-state index contributed by atoms with van der Waals surface area (Å²) in [7, 11) is 0. The third kappa shape index (κ3) is 5.79. The molecule has 0 bridgehead atoms. The van der Waals surface area contributed by atoms with Crippen LogP contribution >= 0.6 is 47.2 Å². The molecule has 0 aliphatic carbocycles. The minimum Gasteiger partial charge on any atom is -0.382 e. The summed E-state index contributed by atoms with van der Waals surface area (Å²) in [6.07, 6.45) is 1.14. The van der Waals surface area contributed by atoms with E-state index >= 15 is 0 Å². The molecule has 1 aromatic carbocycles. The number of amides is 1. The minimum atomic E-state index is -0.628. The highest BCUT2D eigenvalue weighted by atomic mass is 35.5. The molecule has 0 spiro atoms. The van der Waals surface area contributed by atoms with Gasteiger partial charge in [0.1, 0.15) is 6.34 Å². The number of rotatable bonds is 5. The molecule has 6 N–H and O–H groups in total. The fourth-order valence-electron chi connectivity index (χ4n) is 1.61. The predicted molar refractivity (Wildman–Crippen MR) is 102 cm³/mol. The highest BCUT2D eigenvalue weighted by Gasteiger charge is 2.14. The number of benzene rings is 1. The number of carbonyl (C=O) groups excluding carboxylic acids is 1. The number of hydrogen-bond acceptors (Lipinski definition) is 7. The number of hydrazone groups is 1. The lowest BCUT2D eigenvalue weighted by Gasteiger charge is -2.05. The van der Waals surface area contributed by atoms with Crippen LogP contribution in [-0.2, 0) is 6.54 Å². The lowest BCUT2D eigenvalue weighted by molar-refractivity contribution is 0.0974. The maximum Gasteiger partial charge on any atom is 0.278 e. The van der Waals surface area contributed by atoms with Crippen molar-refractivity contribution in [2.24, 2.45) is 5.10 Å². The zero-order chi connectivity index (χ0) is 17.7. The summed E-state index contributed by atoms with van der Waals surface area (Å²) in [5, 5.41) is 7.13. The topological polar surface area (TPSA) is 131 Å². The molecular formula is C13H13Cl4N7O. The Morgan fingerprint density at radius 2 is 1.92 bits per heavy atom. The van der Waals surface area contributed by atoms with Crippen LogP contribution in [0.2, 0.25) is 15.2 Å². The van der Waals surface area contributed by atoms with E-state index in [-0.39, 0.29) is 34.9 Å². The van der Waals surface area contributed by atoms with Crippen LogP contribution < -0.4 is 22.2 Å². The van der Waals surface area contributed by atoms with E-state index in [4.69, 9.17) is 46.3 Å². The Morgan fingerprint density at radius 3 is 2.60 bits per heavy atom. The molecule has 0 aliphatic heterocycles. The smallest absolute Gasteiger partial charge is 0.278 e. The second kappa shape index (κ2) is 9.47. The number of halogens is 4. The number of nitrogen functional groups attached to an aromatic ring is 2. The fourth-order valence-corrected chi connectivity index (χ4v) is 2.21. The molecule has 1 amide bonds. The second-order valence-electron chi connectivity index (χ2n) is 4.44. The van der Waals surface area contributed by atoms with E-state index in [0.717, 1.165) is 11.9 Å². The highest BCUT2D eigenvalue weighted by Crippen LogP contribution is 2.20. The molecule has 0 aliphatic rings. The third-order valence-electron chi connectivity index (χ3n) is 2.76. The Hall–Kier alpha value is -2.00. The molecule has 0 radical (unpaired) electrons. The van der Waals surface area contributed by atoms with E-state index in [2.05, 4.69) is 25.8 Å². The van der Waals surface area contributed by atoms with Crippen molar-refractivity contribution in [3.05, 3.63) is 44.7 Å². The Kier molecular flexibility index (Phi) is 7.98. The van der Waals surface area contributed by atoms with Gasteiger partial charge in [0.15, 0.2) is 22.5 Å². The average Bonchev–Trinajstić information content (AvgIpc) is 2.52. The molecule has 2 rings (SSSR count). The Labute approximate surface area is 164 Å². The summed E-state index contributed by atoms with van der Waals surface area (Å²) >= 11 is 17.5. The van der Waals surface area contributed by atoms with Crippen molar-refractivity contribution in [3.63, 3.8) is 0 Å². The maximum atomic E-state index is 11.9. The molecule has 1 aromatic heterocycles. The lowest BCUT2D eigenvalue weighted by Crippen LogP contribution is -2.26. The summed E-state index contributed by atoms with van der Waals surface area (Å²) in [5.74, 6) is -0.818. The van der Waals surface area contributed by atoms with Crippen molar-refractivity contribution in [1.29, 1.82) is 0 Å². The van der Waals surface area contributed by atoms with Gasteiger partial charge >= 0.3 is 0 Å². The summed E-state index contributed by atoms with van der Waals surface area (Å²) in [6.45, 7) is 0.345. The van der Waals surface area contributed by atoms with Gasteiger partial charge in [-0.3, -0.25) is 4.79 Å². The quantitative estimate of drug-likeness (QED) is 0.331. The van der Waals surface area contributed by atoms with E-state index in [1.54, 1.807) is 18.2 Å². The third-order valence-corrected chi connectivity index (χ3v) is 3.62. The number of nitrogens with two attached hydrogens (primary N) is 2. The van der Waals surface area contributed by atoms with Gasteiger partial charge in [0.2, 0.25) is 0 Å². The van der Waals surface area contributed by atoms with Crippen molar-refractivity contribution in [3.8, 4) is 0 Å². The number of aromatic nitrogens is 2. The van der Waals surface area contributed by atoms with Crippen LogP contribution in [0.15, 0.2) is 23.3 Å². The number of nitrogens with one attached hydrogen (secondary N) is 2. The fraction of sp³-hybridized carbons (Fsp3) is 0.0769. The highest BCUT2D eigenvalue weighted by molar-refractivity contribution is 6.35. The predicted octanol–water partition coefficient (Wildman–Crippen LogP) is 2.49. The van der Waals surface area contributed by atoms with Crippen LogP contribution in [-0.4, -0.2) is 22.2 Å². The van der Waals surface area contributed by atoms with Gasteiger partial charge in [0, 0.05) is 10.0 Å². The van der Waals surface area contributed by atoms with Crippen LogP contribution in [0.25, 0.3) is 0 Å². The first kappa shape index (κ1) is 21.0. The van der Waals surface area contributed by atoms with Gasteiger partial charge in [0.25, 0.3) is 5.91 Å². The summed E-state index contributed by atoms with van der Waals surface area (Å²) in [6, 6.07) is 5.10. The number of nitrogens with zero attached hydrogens (tertiary/aromatic N) is 3. The molecule has 12 heteroatoms. The first-order valence-electron chi connectivity index (χ1n) is 6.46. The lowest BCUT2D eigenvalue weighted by atomic mass is 10.2. The van der Waals surface area contributed by atoms with Gasteiger partial charge in [-0.1, -0.05) is 40.9 Å². The number of carbonyl (C=O) groups is 1. The Morgan fingerprint density at radius 1 is 1.20 bits per heavy atom. The van der Waals surface area contributed by atoms with Crippen molar-refractivity contribution >= 4 is 71.1 Å². The summed E-state index contributed by atoms with van der Waals surface area (Å²) < 4.78 is 0. The number of anilines is 2. The zero-order valence-corrected chi connectivity index (χ0v) is 15.5. The van der Waals surface area contributed by atoms with Crippen LogP contribution in [0.3, 0.4) is 0 Å². The van der Waals surface area contributed by atoms with Gasteiger partial charge in [-0.2, -0.15) is 5.10 Å². The van der Waals surface area contributed by atoms with Crippen LogP contribution in [0.5, 0.6) is 0 Å². The van der Waals surface area contributed by atoms with Crippen LogP contribution in [0.4, 0.5) is 11.6 Å². The van der Waals surface area contributed by atoms with Crippen LogP contribution in [0.1, 0.15) is 16.1 Å². The number of hydrogen-bond donors (Lipinski definition) is 4. The van der Waals surface area contributed by atoms with Gasteiger partial charge < -0.3 is 22.2 Å². The Balaban J connectivity index is 0.00000312. The first-order valence-corrected chi connectivity index (χ1v) is 7.59. The molecule has 0 atom stereocenters. The molecule has 25 heavy (non-hydrogen) atoms. The molecule has 2 aromatic rings. The first-order chi connectivity index (χ1) is 11.4. The van der Waals surface area contributed by atoms with E-state index in [1.807, 2.05) is 0 Å². The molecule has 8 nitrogen and oxygen atoms in total. The zero-order valence-electron chi connectivity index (χ0n) is 12.5. The molecule has 0 saturated heterocycles. The van der Waals surface area contributed by atoms with Gasteiger partial charge in [0.05, 0.1) is 6.54 Å². The monoisotopic (exact) mass is 423 g/mol. The average molecular weight is 425 g/mol. The maximum absolute atomic E-state index is 11.9. The van der Waals surface area contributed by atoms with E-state index < -0.39 is 5.91 Å². The molecule has 1 heterocycles. The van der Waals surface area contributed by atoms with Gasteiger partial charge in [-0.25, -0.2) is 9.97 Å². The van der Waals surface area contributed by atoms with Crippen LogP contribution in [0, 0.1) is 0 Å². The summed E-state index contributed by atoms with van der Waals surface area (Å²) in [4.78, 5) is 19.4. The normalized spacial score (nSPS) is 10.4.